The standard InChI is InChI=1S/C17H19ClN2O3S/c1-3-11(2)12-4-7-14(8-5-12)24(22,23)20-16-10-13(17(19)21)6-9-15(16)18/h4-11,20H,3H2,1-2H3,(H2,19,21). The highest BCUT2D eigenvalue weighted by Crippen LogP contribution is 2.27. The van der Waals surface area contributed by atoms with E-state index in [0.29, 0.717) is 5.92 Å². The molecule has 3 N–H and O–H groups in total. The largest absolute Gasteiger partial charge is 0.366 e. The van der Waals surface area contributed by atoms with E-state index in [1.165, 1.54) is 18.2 Å². The van der Waals surface area contributed by atoms with Crippen molar-refractivity contribution in [3.8, 4) is 0 Å². The van der Waals surface area contributed by atoms with Crippen LogP contribution >= 0.6 is 11.6 Å². The van der Waals surface area contributed by atoms with Gasteiger partial charge in [0.25, 0.3) is 10.0 Å². The molecule has 0 saturated carbocycles. The highest BCUT2D eigenvalue weighted by atomic mass is 35.5. The van der Waals surface area contributed by atoms with Crippen LogP contribution in [0.1, 0.15) is 42.1 Å². The Hall–Kier alpha value is -2.05. The van der Waals surface area contributed by atoms with Gasteiger partial charge in [0.05, 0.1) is 15.6 Å². The summed E-state index contributed by atoms with van der Waals surface area (Å²) in [6.07, 6.45) is 0.972. The van der Waals surface area contributed by atoms with Gasteiger partial charge < -0.3 is 5.73 Å². The van der Waals surface area contributed by atoms with Crippen LogP contribution < -0.4 is 10.5 Å². The molecule has 0 aromatic heterocycles. The van der Waals surface area contributed by atoms with Crippen LogP contribution in [-0.2, 0) is 10.0 Å². The lowest BCUT2D eigenvalue weighted by Gasteiger charge is -2.12. The van der Waals surface area contributed by atoms with E-state index in [1.807, 2.05) is 0 Å². The Morgan fingerprint density at radius 1 is 1.21 bits per heavy atom. The summed E-state index contributed by atoms with van der Waals surface area (Å²) in [6, 6.07) is 10.9. The van der Waals surface area contributed by atoms with Crippen molar-refractivity contribution in [2.45, 2.75) is 31.1 Å². The van der Waals surface area contributed by atoms with Crippen LogP contribution in [0.3, 0.4) is 0 Å². The molecule has 0 saturated heterocycles. The summed E-state index contributed by atoms with van der Waals surface area (Å²) < 4.78 is 27.4. The molecule has 128 valence electrons. The molecule has 0 spiro atoms. The second-order valence-electron chi connectivity index (χ2n) is 5.54. The maximum Gasteiger partial charge on any atom is 0.261 e. The van der Waals surface area contributed by atoms with Crippen LogP contribution in [0.25, 0.3) is 0 Å². The van der Waals surface area contributed by atoms with Crippen molar-refractivity contribution in [1.82, 2.24) is 0 Å². The van der Waals surface area contributed by atoms with Gasteiger partial charge in [-0.25, -0.2) is 8.42 Å². The normalized spacial score (nSPS) is 12.6. The van der Waals surface area contributed by atoms with E-state index in [0.717, 1.165) is 12.0 Å². The molecule has 5 nitrogen and oxygen atoms in total. The van der Waals surface area contributed by atoms with E-state index in [1.54, 1.807) is 24.3 Å². The van der Waals surface area contributed by atoms with Gasteiger partial charge >= 0.3 is 0 Å². The summed E-state index contributed by atoms with van der Waals surface area (Å²) in [4.78, 5) is 11.4. The molecule has 0 fully saturated rings. The Kier molecular flexibility index (Phi) is 5.51. The van der Waals surface area contributed by atoms with Crippen LogP contribution in [0.5, 0.6) is 0 Å². The van der Waals surface area contributed by atoms with Crippen LogP contribution in [-0.4, -0.2) is 14.3 Å². The Morgan fingerprint density at radius 2 is 1.83 bits per heavy atom. The number of hydrogen-bond donors (Lipinski definition) is 2. The zero-order chi connectivity index (χ0) is 17.9. The molecule has 0 radical (unpaired) electrons. The summed E-state index contributed by atoms with van der Waals surface area (Å²) in [6.45, 7) is 4.15. The summed E-state index contributed by atoms with van der Waals surface area (Å²) >= 11 is 6.00. The molecule has 0 aliphatic carbocycles. The van der Waals surface area contributed by atoms with Crippen molar-refractivity contribution in [1.29, 1.82) is 0 Å². The molecule has 0 heterocycles. The third-order valence-corrected chi connectivity index (χ3v) is 5.58. The third-order valence-electron chi connectivity index (χ3n) is 3.87. The van der Waals surface area contributed by atoms with E-state index in [4.69, 9.17) is 17.3 Å². The van der Waals surface area contributed by atoms with Gasteiger partial charge in [-0.2, -0.15) is 0 Å². The van der Waals surface area contributed by atoms with Crippen molar-refractivity contribution in [3.63, 3.8) is 0 Å². The zero-order valence-corrected chi connectivity index (χ0v) is 15.0. The summed E-state index contributed by atoms with van der Waals surface area (Å²) in [7, 11) is -3.81. The topological polar surface area (TPSA) is 89.3 Å². The number of anilines is 1. The average molecular weight is 367 g/mol. The second-order valence-corrected chi connectivity index (χ2v) is 7.63. The predicted molar refractivity (Wildman–Crippen MR) is 95.9 cm³/mol. The van der Waals surface area contributed by atoms with Gasteiger partial charge in [-0.15, -0.1) is 0 Å². The van der Waals surface area contributed by atoms with Gasteiger partial charge in [0.2, 0.25) is 5.91 Å². The van der Waals surface area contributed by atoms with Gasteiger partial charge in [0, 0.05) is 5.56 Å². The summed E-state index contributed by atoms with van der Waals surface area (Å²) in [5.41, 5.74) is 6.56. The Balaban J connectivity index is 2.32. The molecule has 2 rings (SSSR count). The number of sulfonamides is 1. The Morgan fingerprint density at radius 3 is 2.38 bits per heavy atom. The smallest absolute Gasteiger partial charge is 0.261 e. The van der Waals surface area contributed by atoms with Crippen LogP contribution in [0.4, 0.5) is 5.69 Å². The first-order chi connectivity index (χ1) is 11.2. The minimum atomic E-state index is -3.81. The number of nitrogens with one attached hydrogen (secondary N) is 1. The molecule has 2 aromatic carbocycles. The summed E-state index contributed by atoms with van der Waals surface area (Å²) in [5, 5.41) is 0.180. The minimum absolute atomic E-state index is 0.110. The number of carbonyl (C=O) groups is 1. The van der Waals surface area contributed by atoms with E-state index in [2.05, 4.69) is 18.6 Å². The highest BCUT2D eigenvalue weighted by molar-refractivity contribution is 7.92. The molecular weight excluding hydrogens is 348 g/mol. The SMILES string of the molecule is CCC(C)c1ccc(S(=O)(=O)Nc2cc(C(N)=O)ccc2Cl)cc1. The summed E-state index contributed by atoms with van der Waals surface area (Å²) in [5.74, 6) is -0.304. The van der Waals surface area contributed by atoms with Crippen molar-refractivity contribution >= 4 is 33.2 Å². The highest BCUT2D eigenvalue weighted by Gasteiger charge is 2.17. The van der Waals surface area contributed by atoms with Crippen LogP contribution in [0.2, 0.25) is 5.02 Å². The lowest BCUT2D eigenvalue weighted by molar-refractivity contribution is 0.100. The second kappa shape index (κ2) is 7.23. The fraction of sp³-hybridized carbons (Fsp3) is 0.235. The quantitative estimate of drug-likeness (QED) is 0.815. The molecule has 2 aromatic rings. The lowest BCUT2D eigenvalue weighted by Crippen LogP contribution is -2.15. The van der Waals surface area contributed by atoms with E-state index >= 15 is 0 Å². The number of benzene rings is 2. The number of nitrogens with two attached hydrogens (primary N) is 1. The van der Waals surface area contributed by atoms with Gasteiger partial charge in [0.1, 0.15) is 0 Å². The maximum atomic E-state index is 12.5. The molecule has 0 aliphatic rings. The number of halogens is 1. The Labute approximate surface area is 146 Å². The number of hydrogen-bond acceptors (Lipinski definition) is 3. The molecule has 1 atom stereocenters. The fourth-order valence-electron chi connectivity index (χ4n) is 2.17. The van der Waals surface area contributed by atoms with Gasteiger partial charge in [0.15, 0.2) is 0 Å². The monoisotopic (exact) mass is 366 g/mol. The molecule has 24 heavy (non-hydrogen) atoms. The van der Waals surface area contributed by atoms with Crippen molar-refractivity contribution < 1.29 is 13.2 Å². The van der Waals surface area contributed by atoms with Gasteiger partial charge in [-0.1, -0.05) is 37.6 Å². The molecular formula is C17H19ClN2O3S. The lowest BCUT2D eigenvalue weighted by atomic mass is 9.99. The van der Waals surface area contributed by atoms with Gasteiger partial charge in [-0.3, -0.25) is 9.52 Å². The molecule has 0 aliphatic heterocycles. The number of amides is 1. The zero-order valence-electron chi connectivity index (χ0n) is 13.4. The van der Waals surface area contributed by atoms with Gasteiger partial charge in [-0.05, 0) is 48.2 Å². The molecule has 1 unspecified atom stereocenters. The van der Waals surface area contributed by atoms with E-state index in [9.17, 15) is 13.2 Å². The van der Waals surface area contributed by atoms with Crippen molar-refractivity contribution in [2.75, 3.05) is 4.72 Å². The number of rotatable bonds is 6. The van der Waals surface area contributed by atoms with Crippen molar-refractivity contribution in [3.05, 3.63) is 58.6 Å². The fourth-order valence-corrected chi connectivity index (χ4v) is 3.46. The average Bonchev–Trinajstić information content (AvgIpc) is 2.55. The van der Waals surface area contributed by atoms with Crippen LogP contribution in [0.15, 0.2) is 47.4 Å². The number of carbonyl (C=O) groups excluding carboxylic acids is 1. The molecule has 0 bridgehead atoms. The Bertz CT molecular complexity index is 849. The first-order valence-corrected chi connectivity index (χ1v) is 9.33. The van der Waals surface area contributed by atoms with E-state index < -0.39 is 15.9 Å². The maximum absolute atomic E-state index is 12.5. The minimum Gasteiger partial charge on any atom is -0.366 e. The third kappa shape index (κ3) is 4.07. The molecule has 7 heteroatoms. The first-order valence-electron chi connectivity index (χ1n) is 7.46. The molecule has 1 amide bonds. The number of primary amides is 1. The van der Waals surface area contributed by atoms with E-state index in [-0.39, 0.29) is 21.2 Å². The first kappa shape index (κ1) is 18.3. The predicted octanol–water partition coefficient (Wildman–Crippen LogP) is 3.75. The van der Waals surface area contributed by atoms with Crippen molar-refractivity contribution in [2.24, 2.45) is 5.73 Å². The van der Waals surface area contributed by atoms with Crippen LogP contribution in [0, 0.1) is 0 Å².